The van der Waals surface area contributed by atoms with Gasteiger partial charge in [-0.1, -0.05) is 6.07 Å². The van der Waals surface area contributed by atoms with Gasteiger partial charge >= 0.3 is 0 Å². The van der Waals surface area contributed by atoms with E-state index in [-0.39, 0.29) is 5.75 Å². The average molecular weight is 428 g/mol. The van der Waals surface area contributed by atoms with Crippen LogP contribution in [-0.2, 0) is 16.3 Å². The molecule has 0 saturated carbocycles. The molecule has 0 spiro atoms. The number of sulfone groups is 1. The maximum atomic E-state index is 12.3. The highest BCUT2D eigenvalue weighted by atomic mass is 32.2. The van der Waals surface area contributed by atoms with E-state index >= 15 is 0 Å². The van der Waals surface area contributed by atoms with Crippen LogP contribution in [0.5, 0.6) is 17.2 Å². The van der Waals surface area contributed by atoms with E-state index in [4.69, 9.17) is 19.2 Å². The molecule has 1 N–H and O–H groups in total. The summed E-state index contributed by atoms with van der Waals surface area (Å²) < 4.78 is 40.1. The molecule has 0 aromatic heterocycles. The van der Waals surface area contributed by atoms with E-state index in [0.29, 0.717) is 49.8 Å². The third-order valence-electron chi connectivity index (χ3n) is 5.11. The Morgan fingerprint density at radius 2 is 1.86 bits per heavy atom. The minimum Gasteiger partial charge on any atom is -0.493 e. The van der Waals surface area contributed by atoms with Crippen LogP contribution in [0.3, 0.4) is 0 Å². The summed E-state index contributed by atoms with van der Waals surface area (Å²) in [5, 5.41) is 3.28. The van der Waals surface area contributed by atoms with Crippen LogP contribution in [-0.4, -0.2) is 77.3 Å². The van der Waals surface area contributed by atoms with Crippen molar-refractivity contribution in [1.82, 2.24) is 10.2 Å². The topological polar surface area (TPSA) is 89.5 Å². The molecule has 2 rings (SSSR count). The normalized spacial score (nSPS) is 18.3. The molecular formula is C20H33N3O5S. The van der Waals surface area contributed by atoms with Gasteiger partial charge in [0.05, 0.1) is 31.8 Å². The molecular weight excluding hydrogens is 394 g/mol. The van der Waals surface area contributed by atoms with Gasteiger partial charge < -0.3 is 24.4 Å². The second-order valence-corrected chi connectivity index (χ2v) is 10.2. The average Bonchev–Trinajstić information content (AvgIpc) is 2.68. The summed E-state index contributed by atoms with van der Waals surface area (Å²) in [6.07, 6.45) is 0.647. The molecule has 1 fully saturated rings. The van der Waals surface area contributed by atoms with Crippen LogP contribution in [0.15, 0.2) is 17.1 Å². The molecule has 0 aliphatic carbocycles. The quantitative estimate of drug-likeness (QED) is 0.524. The predicted octanol–water partition coefficient (Wildman–Crippen LogP) is 1.73. The largest absolute Gasteiger partial charge is 0.493 e. The van der Waals surface area contributed by atoms with Crippen LogP contribution in [0.2, 0.25) is 0 Å². The van der Waals surface area contributed by atoms with Gasteiger partial charge in [0.15, 0.2) is 27.3 Å². The maximum absolute atomic E-state index is 12.3. The molecule has 29 heavy (non-hydrogen) atoms. The summed E-state index contributed by atoms with van der Waals surface area (Å²) in [5.41, 5.74) is 0.964. The van der Waals surface area contributed by atoms with Gasteiger partial charge in [-0.3, -0.25) is 4.99 Å². The zero-order valence-electron chi connectivity index (χ0n) is 18.2. The van der Waals surface area contributed by atoms with E-state index in [0.717, 1.165) is 11.5 Å². The van der Waals surface area contributed by atoms with E-state index in [1.165, 1.54) is 0 Å². The number of nitrogens with zero attached hydrogens (tertiary/aromatic N) is 2. The van der Waals surface area contributed by atoms with Crippen molar-refractivity contribution in [3.63, 3.8) is 0 Å². The number of rotatable bonds is 7. The van der Waals surface area contributed by atoms with Gasteiger partial charge in [-0.25, -0.2) is 8.42 Å². The summed E-state index contributed by atoms with van der Waals surface area (Å²) in [4.78, 5) is 6.75. The molecule has 0 radical (unpaired) electrons. The minimum absolute atomic E-state index is 0.133. The van der Waals surface area contributed by atoms with Gasteiger partial charge in [0.1, 0.15) is 0 Å². The van der Waals surface area contributed by atoms with Gasteiger partial charge in [0.2, 0.25) is 5.75 Å². The van der Waals surface area contributed by atoms with Crippen molar-refractivity contribution in [2.24, 2.45) is 4.99 Å². The van der Waals surface area contributed by atoms with E-state index in [2.05, 4.69) is 5.32 Å². The highest BCUT2D eigenvalue weighted by Crippen LogP contribution is 2.39. The van der Waals surface area contributed by atoms with Gasteiger partial charge in [-0.05, 0) is 33.3 Å². The standard InChI is InChI=1S/C20H33N3O5S/c1-7-21-19(23-12-13-29(24,25)20(2,3)14-23)22-11-10-15-8-9-16(26-4)18(28-6)17(15)27-5/h8-9H,7,10-14H2,1-6H3,(H,21,22). The second-order valence-electron chi connectivity index (χ2n) is 7.48. The smallest absolute Gasteiger partial charge is 0.203 e. The minimum atomic E-state index is -3.10. The first-order chi connectivity index (χ1) is 13.7. The number of hydrogen-bond donors (Lipinski definition) is 1. The number of nitrogens with one attached hydrogen (secondary N) is 1. The van der Waals surface area contributed by atoms with Gasteiger partial charge in [-0.15, -0.1) is 0 Å². The second kappa shape index (κ2) is 9.56. The molecule has 9 heteroatoms. The molecule has 1 aromatic rings. The molecule has 0 amide bonds. The van der Waals surface area contributed by atoms with Gasteiger partial charge in [0.25, 0.3) is 0 Å². The fraction of sp³-hybridized carbons (Fsp3) is 0.650. The Balaban J connectivity index is 2.18. The Kier molecular flexibility index (Phi) is 7.62. The lowest BCUT2D eigenvalue weighted by molar-refractivity contribution is 0.322. The fourth-order valence-corrected chi connectivity index (χ4v) is 4.76. The molecule has 1 aromatic carbocycles. The van der Waals surface area contributed by atoms with Crippen molar-refractivity contribution in [2.75, 3.05) is 53.3 Å². The molecule has 8 nitrogen and oxygen atoms in total. The van der Waals surface area contributed by atoms with Crippen LogP contribution in [0.1, 0.15) is 26.3 Å². The number of methoxy groups -OCH3 is 3. The maximum Gasteiger partial charge on any atom is 0.203 e. The van der Waals surface area contributed by atoms with E-state index < -0.39 is 14.6 Å². The molecule has 1 heterocycles. The van der Waals surface area contributed by atoms with E-state index in [9.17, 15) is 8.42 Å². The Morgan fingerprint density at radius 3 is 2.41 bits per heavy atom. The predicted molar refractivity (Wildman–Crippen MR) is 115 cm³/mol. The Hall–Kier alpha value is -2.16. The summed E-state index contributed by atoms with van der Waals surface area (Å²) >= 11 is 0. The summed E-state index contributed by atoms with van der Waals surface area (Å²) in [6.45, 7) is 7.63. The van der Waals surface area contributed by atoms with Crippen LogP contribution < -0.4 is 19.5 Å². The lowest BCUT2D eigenvalue weighted by Gasteiger charge is -2.39. The number of guanidine groups is 1. The van der Waals surface area contributed by atoms with Crippen LogP contribution in [0, 0.1) is 0 Å². The van der Waals surface area contributed by atoms with Crippen LogP contribution in [0.25, 0.3) is 0 Å². The first-order valence-corrected chi connectivity index (χ1v) is 11.4. The first kappa shape index (κ1) is 23.1. The third kappa shape index (κ3) is 5.07. The van der Waals surface area contributed by atoms with Crippen molar-refractivity contribution in [3.8, 4) is 17.2 Å². The molecule has 164 valence electrons. The molecule has 0 atom stereocenters. The zero-order valence-corrected chi connectivity index (χ0v) is 19.1. The molecule has 0 unspecified atom stereocenters. The van der Waals surface area contributed by atoms with Gasteiger partial charge in [-0.2, -0.15) is 0 Å². The molecule has 0 bridgehead atoms. The Labute approximate surface area is 174 Å². The lowest BCUT2D eigenvalue weighted by atomic mass is 10.1. The van der Waals surface area contributed by atoms with Crippen molar-refractivity contribution in [2.45, 2.75) is 31.9 Å². The first-order valence-electron chi connectivity index (χ1n) is 9.74. The fourth-order valence-electron chi connectivity index (χ4n) is 3.39. The van der Waals surface area contributed by atoms with Crippen LogP contribution >= 0.6 is 0 Å². The van der Waals surface area contributed by atoms with Crippen molar-refractivity contribution in [1.29, 1.82) is 0 Å². The molecule has 1 aliphatic rings. The van der Waals surface area contributed by atoms with E-state index in [1.54, 1.807) is 35.2 Å². The van der Waals surface area contributed by atoms with E-state index in [1.807, 2.05) is 24.0 Å². The number of aliphatic imine (C=N–C) groups is 1. The summed E-state index contributed by atoms with van der Waals surface area (Å²) in [5.74, 6) is 2.67. The summed E-state index contributed by atoms with van der Waals surface area (Å²) in [6, 6.07) is 3.79. The van der Waals surface area contributed by atoms with Crippen molar-refractivity contribution < 1.29 is 22.6 Å². The summed E-state index contributed by atoms with van der Waals surface area (Å²) in [7, 11) is 1.67. The van der Waals surface area contributed by atoms with Crippen LogP contribution in [0.4, 0.5) is 0 Å². The van der Waals surface area contributed by atoms with Crippen molar-refractivity contribution >= 4 is 15.8 Å². The number of ether oxygens (including phenoxy) is 3. The zero-order chi connectivity index (χ0) is 21.7. The molecule has 1 aliphatic heterocycles. The Bertz CT molecular complexity index is 837. The number of hydrogen-bond acceptors (Lipinski definition) is 6. The highest BCUT2D eigenvalue weighted by Gasteiger charge is 2.40. The monoisotopic (exact) mass is 427 g/mol. The Morgan fingerprint density at radius 1 is 1.17 bits per heavy atom. The van der Waals surface area contributed by atoms with Crippen molar-refractivity contribution in [3.05, 3.63) is 17.7 Å². The SMILES string of the molecule is CCNC(=NCCc1ccc(OC)c(OC)c1OC)N1CCS(=O)(=O)C(C)(C)C1. The third-order valence-corrected chi connectivity index (χ3v) is 7.64. The lowest BCUT2D eigenvalue weighted by Crippen LogP contribution is -2.57. The highest BCUT2D eigenvalue weighted by molar-refractivity contribution is 7.92. The molecule has 1 saturated heterocycles. The number of benzene rings is 1. The van der Waals surface area contributed by atoms with Gasteiger partial charge in [0, 0.05) is 31.7 Å².